The molecule has 0 saturated carbocycles. The van der Waals surface area contributed by atoms with Crippen molar-refractivity contribution in [2.45, 2.75) is 13.3 Å². The van der Waals surface area contributed by atoms with Gasteiger partial charge in [0.25, 0.3) is 5.91 Å². The zero-order chi connectivity index (χ0) is 17.6. The Morgan fingerprint density at radius 2 is 1.72 bits per heavy atom. The SMILES string of the molecule is CCCOC(=O)c1cccc(NC(=O)c2cccc3ccccc23)c1. The Labute approximate surface area is 146 Å². The first kappa shape index (κ1) is 16.7. The number of hydrogen-bond acceptors (Lipinski definition) is 3. The van der Waals surface area contributed by atoms with E-state index in [1.807, 2.05) is 43.3 Å². The fraction of sp³-hybridized carbons (Fsp3) is 0.143. The lowest BCUT2D eigenvalue weighted by atomic mass is 10.0. The Balaban J connectivity index is 1.82. The predicted molar refractivity (Wildman–Crippen MR) is 98.9 cm³/mol. The number of hydrogen-bond donors (Lipinski definition) is 1. The summed E-state index contributed by atoms with van der Waals surface area (Å²) in [5.41, 5.74) is 1.57. The van der Waals surface area contributed by atoms with E-state index in [9.17, 15) is 9.59 Å². The molecule has 0 aliphatic carbocycles. The average Bonchev–Trinajstić information content (AvgIpc) is 2.65. The molecule has 126 valence electrons. The molecular formula is C21H19NO3. The second-order valence-electron chi connectivity index (χ2n) is 5.70. The Kier molecular flexibility index (Phi) is 5.09. The number of benzene rings is 3. The zero-order valence-corrected chi connectivity index (χ0v) is 14.0. The van der Waals surface area contributed by atoms with Crippen molar-refractivity contribution >= 4 is 28.3 Å². The van der Waals surface area contributed by atoms with E-state index in [4.69, 9.17) is 4.74 Å². The van der Waals surface area contributed by atoms with Gasteiger partial charge < -0.3 is 10.1 Å². The summed E-state index contributed by atoms with van der Waals surface area (Å²) in [5.74, 6) is -0.598. The van der Waals surface area contributed by atoms with Crippen molar-refractivity contribution in [1.82, 2.24) is 0 Å². The maximum Gasteiger partial charge on any atom is 0.338 e. The maximum atomic E-state index is 12.7. The fourth-order valence-electron chi connectivity index (χ4n) is 2.62. The minimum atomic E-state index is -0.386. The molecule has 3 aromatic carbocycles. The van der Waals surface area contributed by atoms with Crippen LogP contribution in [0.1, 0.15) is 34.1 Å². The van der Waals surface area contributed by atoms with Gasteiger partial charge in [-0.15, -0.1) is 0 Å². The number of ether oxygens (including phenoxy) is 1. The van der Waals surface area contributed by atoms with Crippen LogP contribution in [0.3, 0.4) is 0 Å². The van der Waals surface area contributed by atoms with E-state index in [0.29, 0.717) is 23.4 Å². The largest absolute Gasteiger partial charge is 0.462 e. The van der Waals surface area contributed by atoms with Crippen molar-refractivity contribution in [2.24, 2.45) is 0 Å². The monoisotopic (exact) mass is 333 g/mol. The van der Waals surface area contributed by atoms with Crippen LogP contribution >= 0.6 is 0 Å². The van der Waals surface area contributed by atoms with Crippen LogP contribution in [-0.4, -0.2) is 18.5 Å². The van der Waals surface area contributed by atoms with E-state index < -0.39 is 0 Å². The number of esters is 1. The molecule has 0 fully saturated rings. The molecule has 0 unspecified atom stereocenters. The summed E-state index contributed by atoms with van der Waals surface area (Å²) >= 11 is 0. The quantitative estimate of drug-likeness (QED) is 0.691. The molecule has 1 amide bonds. The second-order valence-corrected chi connectivity index (χ2v) is 5.70. The lowest BCUT2D eigenvalue weighted by Crippen LogP contribution is -2.13. The summed E-state index contributed by atoms with van der Waals surface area (Å²) in [4.78, 5) is 24.6. The van der Waals surface area contributed by atoms with Crippen molar-refractivity contribution in [3.63, 3.8) is 0 Å². The lowest BCUT2D eigenvalue weighted by Gasteiger charge is -2.09. The summed E-state index contributed by atoms with van der Waals surface area (Å²) in [7, 11) is 0. The molecule has 0 bridgehead atoms. The molecule has 0 radical (unpaired) electrons. The first-order valence-corrected chi connectivity index (χ1v) is 8.25. The molecule has 4 heteroatoms. The summed E-state index contributed by atoms with van der Waals surface area (Å²) in [6.45, 7) is 2.32. The summed E-state index contributed by atoms with van der Waals surface area (Å²) in [5, 5.41) is 4.75. The first-order valence-electron chi connectivity index (χ1n) is 8.25. The molecule has 0 spiro atoms. The number of carbonyl (C=O) groups excluding carboxylic acids is 2. The normalized spacial score (nSPS) is 10.4. The van der Waals surface area contributed by atoms with E-state index in [0.717, 1.165) is 17.2 Å². The molecule has 3 aromatic rings. The van der Waals surface area contributed by atoms with Gasteiger partial charge in [0.2, 0.25) is 0 Å². The van der Waals surface area contributed by atoms with E-state index >= 15 is 0 Å². The molecule has 1 N–H and O–H groups in total. The van der Waals surface area contributed by atoms with Crippen LogP contribution in [0.15, 0.2) is 66.7 Å². The highest BCUT2D eigenvalue weighted by Gasteiger charge is 2.12. The zero-order valence-electron chi connectivity index (χ0n) is 14.0. The predicted octanol–water partition coefficient (Wildman–Crippen LogP) is 4.66. The highest BCUT2D eigenvalue weighted by atomic mass is 16.5. The molecule has 0 aromatic heterocycles. The summed E-state index contributed by atoms with van der Waals surface area (Å²) < 4.78 is 5.13. The highest BCUT2D eigenvalue weighted by Crippen LogP contribution is 2.20. The number of anilines is 1. The average molecular weight is 333 g/mol. The van der Waals surface area contributed by atoms with E-state index in [2.05, 4.69) is 5.32 Å². The summed E-state index contributed by atoms with van der Waals surface area (Å²) in [6, 6.07) is 20.1. The minimum absolute atomic E-state index is 0.212. The standard InChI is InChI=1S/C21H19NO3/c1-2-13-25-21(24)16-9-5-10-17(14-16)22-20(23)19-12-6-8-15-7-3-4-11-18(15)19/h3-12,14H,2,13H2,1H3,(H,22,23). The molecule has 0 heterocycles. The Morgan fingerprint density at radius 1 is 0.960 bits per heavy atom. The van der Waals surface area contributed by atoms with Crippen LogP contribution in [0.2, 0.25) is 0 Å². The third-order valence-corrected chi connectivity index (χ3v) is 3.83. The molecule has 0 aliphatic heterocycles. The minimum Gasteiger partial charge on any atom is -0.462 e. The molecule has 0 saturated heterocycles. The van der Waals surface area contributed by atoms with Crippen LogP contribution in [0.4, 0.5) is 5.69 Å². The van der Waals surface area contributed by atoms with Crippen molar-refractivity contribution in [3.8, 4) is 0 Å². The molecule has 3 rings (SSSR count). The van der Waals surface area contributed by atoms with Gasteiger partial charge >= 0.3 is 5.97 Å². The van der Waals surface area contributed by atoms with Gasteiger partial charge in [0.1, 0.15) is 0 Å². The van der Waals surface area contributed by atoms with E-state index in [-0.39, 0.29) is 11.9 Å². The molecule has 4 nitrogen and oxygen atoms in total. The number of rotatable bonds is 5. The first-order chi connectivity index (χ1) is 12.2. The Hall–Kier alpha value is -3.14. The van der Waals surface area contributed by atoms with Crippen LogP contribution in [0.5, 0.6) is 0 Å². The van der Waals surface area contributed by atoms with Gasteiger partial charge in [-0.1, -0.05) is 49.4 Å². The van der Waals surface area contributed by atoms with E-state index in [1.165, 1.54) is 0 Å². The third kappa shape index (κ3) is 3.86. The highest BCUT2D eigenvalue weighted by molar-refractivity contribution is 6.13. The smallest absolute Gasteiger partial charge is 0.338 e. The molecule has 0 aliphatic rings. The van der Waals surface area contributed by atoms with Crippen molar-refractivity contribution in [2.75, 3.05) is 11.9 Å². The maximum absolute atomic E-state index is 12.7. The lowest BCUT2D eigenvalue weighted by molar-refractivity contribution is 0.0505. The van der Waals surface area contributed by atoms with Gasteiger partial charge in [-0.05, 0) is 41.5 Å². The van der Waals surface area contributed by atoms with Crippen molar-refractivity contribution in [1.29, 1.82) is 0 Å². The van der Waals surface area contributed by atoms with Gasteiger partial charge in [0, 0.05) is 11.3 Å². The third-order valence-electron chi connectivity index (χ3n) is 3.83. The van der Waals surface area contributed by atoms with Crippen LogP contribution in [0, 0.1) is 0 Å². The topological polar surface area (TPSA) is 55.4 Å². The second kappa shape index (κ2) is 7.62. The Bertz CT molecular complexity index is 912. The van der Waals surface area contributed by atoms with Crippen LogP contribution in [-0.2, 0) is 4.74 Å². The van der Waals surface area contributed by atoms with Crippen LogP contribution in [0.25, 0.3) is 10.8 Å². The molecule has 0 atom stereocenters. The summed E-state index contributed by atoms with van der Waals surface area (Å²) in [6.07, 6.45) is 0.767. The van der Waals surface area contributed by atoms with Crippen molar-refractivity contribution in [3.05, 3.63) is 77.9 Å². The fourth-order valence-corrected chi connectivity index (χ4v) is 2.62. The molecule has 25 heavy (non-hydrogen) atoms. The number of amides is 1. The Morgan fingerprint density at radius 3 is 2.56 bits per heavy atom. The number of nitrogens with one attached hydrogen (secondary N) is 1. The van der Waals surface area contributed by atoms with Gasteiger partial charge in [0.15, 0.2) is 0 Å². The van der Waals surface area contributed by atoms with E-state index in [1.54, 1.807) is 30.3 Å². The van der Waals surface area contributed by atoms with Gasteiger partial charge in [-0.2, -0.15) is 0 Å². The number of fused-ring (bicyclic) bond motifs is 1. The number of carbonyl (C=O) groups is 2. The van der Waals surface area contributed by atoms with Gasteiger partial charge in [-0.3, -0.25) is 4.79 Å². The van der Waals surface area contributed by atoms with Crippen LogP contribution < -0.4 is 5.32 Å². The van der Waals surface area contributed by atoms with Crippen molar-refractivity contribution < 1.29 is 14.3 Å². The molecular weight excluding hydrogens is 314 g/mol. The van der Waals surface area contributed by atoms with Gasteiger partial charge in [0.05, 0.1) is 12.2 Å². The van der Waals surface area contributed by atoms with Gasteiger partial charge in [-0.25, -0.2) is 4.79 Å².